The summed E-state index contributed by atoms with van der Waals surface area (Å²) < 4.78 is 16.8. The van der Waals surface area contributed by atoms with E-state index in [9.17, 15) is 14.4 Å². The third-order valence-electron chi connectivity index (χ3n) is 13.0. The van der Waals surface area contributed by atoms with Gasteiger partial charge in [-0.2, -0.15) is 0 Å². The van der Waals surface area contributed by atoms with Gasteiger partial charge in [-0.15, -0.1) is 0 Å². The minimum Gasteiger partial charge on any atom is -0.462 e. The van der Waals surface area contributed by atoms with Gasteiger partial charge in [0.1, 0.15) is 13.2 Å². The number of carbonyl (C=O) groups excluding carboxylic acids is 3. The zero-order valence-corrected chi connectivity index (χ0v) is 50.8. The summed E-state index contributed by atoms with van der Waals surface area (Å²) >= 11 is 0. The lowest BCUT2D eigenvalue weighted by atomic mass is 10.1. The van der Waals surface area contributed by atoms with Crippen LogP contribution in [0.15, 0.2) is 158 Å². The van der Waals surface area contributed by atoms with E-state index in [4.69, 9.17) is 14.2 Å². The van der Waals surface area contributed by atoms with E-state index in [1.807, 2.05) is 0 Å². The van der Waals surface area contributed by atoms with Crippen molar-refractivity contribution in [2.24, 2.45) is 0 Å². The Morgan fingerprint density at radius 1 is 0.266 bits per heavy atom. The van der Waals surface area contributed by atoms with Crippen LogP contribution in [0.4, 0.5) is 0 Å². The zero-order chi connectivity index (χ0) is 57.1. The molecule has 0 radical (unpaired) electrons. The van der Waals surface area contributed by atoms with E-state index in [1.165, 1.54) is 77.0 Å². The molecule has 6 heteroatoms. The molecule has 0 aromatic heterocycles. The van der Waals surface area contributed by atoms with Crippen LogP contribution in [-0.4, -0.2) is 37.2 Å². The third-order valence-corrected chi connectivity index (χ3v) is 13.0. The molecular weight excluding hydrogens is 973 g/mol. The molecule has 1 unspecified atom stereocenters. The van der Waals surface area contributed by atoms with Crippen molar-refractivity contribution in [2.45, 2.75) is 271 Å². The number of esters is 3. The van der Waals surface area contributed by atoms with E-state index >= 15 is 0 Å². The van der Waals surface area contributed by atoms with Crippen molar-refractivity contribution in [1.29, 1.82) is 0 Å². The summed E-state index contributed by atoms with van der Waals surface area (Å²) in [4.78, 5) is 38.3. The molecule has 1 atom stereocenters. The highest BCUT2D eigenvalue weighted by Crippen LogP contribution is 2.13. The summed E-state index contributed by atoms with van der Waals surface area (Å²) in [6.45, 7) is 6.41. The smallest absolute Gasteiger partial charge is 0.306 e. The summed E-state index contributed by atoms with van der Waals surface area (Å²) in [5, 5.41) is 0. The molecule has 0 aliphatic heterocycles. The van der Waals surface area contributed by atoms with Gasteiger partial charge in [0, 0.05) is 19.3 Å². The number of hydrogen-bond donors (Lipinski definition) is 0. The molecule has 6 nitrogen and oxygen atoms in total. The monoisotopic (exact) mass is 1090 g/mol. The van der Waals surface area contributed by atoms with Crippen molar-refractivity contribution in [1.82, 2.24) is 0 Å². The second kappa shape index (κ2) is 65.5. The molecule has 0 spiro atoms. The summed E-state index contributed by atoms with van der Waals surface area (Å²) in [6, 6.07) is 0. The minimum atomic E-state index is -0.820. The standard InChI is InChI=1S/C73H116O6/c1-4-7-10-13-16-19-22-25-27-29-31-32-33-34-35-36-37-38-39-40-42-43-45-48-51-54-57-60-63-66-72(75)78-69-70(68-77-71(74)65-62-59-56-53-50-47-24-21-18-15-12-9-6-3)79-73(76)67-64-61-58-55-52-49-46-44-41-30-28-26-23-20-17-14-11-8-5-2/h7,10,16-17,19-21,24-28,31-32,34-35,37-38,40-42,44-45,48,54,57,70H,4-6,8-9,11-15,18,22-23,29-30,33,36,39,43,46-47,49-53,55-56,58-69H2,1-3H3/b10-7-,19-16-,20-17-,24-21-,27-25-,28-26-,32-31-,35-34-,38-37-,42-40-,44-41-,48-45-,57-54-. The molecule has 0 saturated heterocycles. The Morgan fingerprint density at radius 3 is 0.861 bits per heavy atom. The molecule has 0 aromatic carbocycles. The molecule has 0 rings (SSSR count). The Labute approximate surface area is 486 Å². The van der Waals surface area contributed by atoms with Gasteiger partial charge in [0.05, 0.1) is 0 Å². The van der Waals surface area contributed by atoms with Crippen molar-refractivity contribution in [3.63, 3.8) is 0 Å². The summed E-state index contributed by atoms with van der Waals surface area (Å²) in [6.07, 6.45) is 95.3. The lowest BCUT2D eigenvalue weighted by molar-refractivity contribution is -0.167. The first-order valence-corrected chi connectivity index (χ1v) is 32.0. The third kappa shape index (κ3) is 63.7. The lowest BCUT2D eigenvalue weighted by Gasteiger charge is -2.18. The van der Waals surface area contributed by atoms with Gasteiger partial charge >= 0.3 is 17.9 Å². The molecule has 0 aliphatic carbocycles. The SMILES string of the molecule is CC/C=C\C/C=C\C/C=C\C/C=C\C/C=C\C/C=C\C/C=C\C/C=C\C/C=C\CCCC(=O)OCC(COC(=O)CCCCCCC/C=C\CCCCCC)OC(=O)CCCCCCCC/C=C\C/C=C\C/C=C\CCCCC. The van der Waals surface area contributed by atoms with Gasteiger partial charge in [-0.05, 0) is 148 Å². The van der Waals surface area contributed by atoms with Crippen LogP contribution in [0.5, 0.6) is 0 Å². The quantitative estimate of drug-likeness (QED) is 0.0261. The molecule has 0 aromatic rings. The molecule has 0 fully saturated rings. The number of hydrogen-bond acceptors (Lipinski definition) is 6. The van der Waals surface area contributed by atoms with Crippen molar-refractivity contribution in [2.75, 3.05) is 13.2 Å². The van der Waals surface area contributed by atoms with Gasteiger partial charge in [0.15, 0.2) is 6.10 Å². The maximum absolute atomic E-state index is 12.9. The highest BCUT2D eigenvalue weighted by atomic mass is 16.6. The Morgan fingerprint density at radius 2 is 0.506 bits per heavy atom. The van der Waals surface area contributed by atoms with Crippen LogP contribution in [0, 0.1) is 0 Å². The minimum absolute atomic E-state index is 0.112. The lowest BCUT2D eigenvalue weighted by Crippen LogP contribution is -2.30. The average Bonchev–Trinajstić information content (AvgIpc) is 3.45. The fourth-order valence-corrected chi connectivity index (χ4v) is 8.21. The molecule has 0 saturated carbocycles. The Hall–Kier alpha value is -4.97. The van der Waals surface area contributed by atoms with Crippen molar-refractivity contribution >= 4 is 17.9 Å². The average molecular weight is 1090 g/mol. The van der Waals surface area contributed by atoms with E-state index < -0.39 is 6.10 Å². The molecule has 444 valence electrons. The van der Waals surface area contributed by atoms with Gasteiger partial charge in [-0.25, -0.2) is 0 Å². The van der Waals surface area contributed by atoms with Crippen LogP contribution >= 0.6 is 0 Å². The molecular formula is C73H116O6. The first kappa shape index (κ1) is 74.0. The fourth-order valence-electron chi connectivity index (χ4n) is 8.21. The Kier molecular flexibility index (Phi) is 61.4. The molecule has 0 N–H and O–H groups in total. The topological polar surface area (TPSA) is 78.9 Å². The highest BCUT2D eigenvalue weighted by Gasteiger charge is 2.19. The summed E-state index contributed by atoms with van der Waals surface area (Å²) in [7, 11) is 0. The van der Waals surface area contributed by atoms with Crippen LogP contribution in [0.2, 0.25) is 0 Å². The summed E-state index contributed by atoms with van der Waals surface area (Å²) in [5.74, 6) is -0.999. The molecule has 0 bridgehead atoms. The Bertz CT molecular complexity index is 1780. The van der Waals surface area contributed by atoms with Gasteiger partial charge in [-0.3, -0.25) is 14.4 Å². The number of allylic oxidation sites excluding steroid dienone is 26. The van der Waals surface area contributed by atoms with Crippen molar-refractivity contribution in [3.8, 4) is 0 Å². The predicted molar refractivity (Wildman–Crippen MR) is 343 cm³/mol. The normalized spacial score (nSPS) is 13.2. The molecule has 79 heavy (non-hydrogen) atoms. The number of ether oxygens (including phenoxy) is 3. The first-order chi connectivity index (χ1) is 39.0. The second-order valence-electron chi connectivity index (χ2n) is 20.6. The predicted octanol–water partition coefficient (Wildman–Crippen LogP) is 22.1. The maximum Gasteiger partial charge on any atom is 0.306 e. The van der Waals surface area contributed by atoms with Crippen molar-refractivity contribution in [3.05, 3.63) is 158 Å². The van der Waals surface area contributed by atoms with Crippen molar-refractivity contribution < 1.29 is 28.6 Å². The van der Waals surface area contributed by atoms with E-state index in [0.717, 1.165) is 141 Å². The second-order valence-corrected chi connectivity index (χ2v) is 20.6. The van der Waals surface area contributed by atoms with E-state index in [2.05, 4.69) is 179 Å². The van der Waals surface area contributed by atoms with Crippen LogP contribution in [-0.2, 0) is 28.6 Å². The van der Waals surface area contributed by atoms with Gasteiger partial charge in [-0.1, -0.05) is 256 Å². The van der Waals surface area contributed by atoms with E-state index in [-0.39, 0.29) is 37.5 Å². The number of unbranched alkanes of at least 4 members (excludes halogenated alkanes) is 19. The molecule has 0 heterocycles. The van der Waals surface area contributed by atoms with Crippen LogP contribution in [0.3, 0.4) is 0 Å². The Balaban J connectivity index is 4.49. The number of rotatable bonds is 56. The van der Waals surface area contributed by atoms with Crippen LogP contribution in [0.1, 0.15) is 265 Å². The van der Waals surface area contributed by atoms with E-state index in [1.54, 1.807) is 0 Å². The zero-order valence-electron chi connectivity index (χ0n) is 50.8. The van der Waals surface area contributed by atoms with Crippen LogP contribution in [0.25, 0.3) is 0 Å². The fraction of sp³-hybridized carbons (Fsp3) is 0.603. The van der Waals surface area contributed by atoms with E-state index in [0.29, 0.717) is 19.3 Å². The summed E-state index contributed by atoms with van der Waals surface area (Å²) in [5.41, 5.74) is 0. The van der Waals surface area contributed by atoms with Gasteiger partial charge in [0.25, 0.3) is 0 Å². The largest absolute Gasteiger partial charge is 0.462 e. The highest BCUT2D eigenvalue weighted by molar-refractivity contribution is 5.71. The molecule has 0 aliphatic rings. The number of carbonyl (C=O) groups is 3. The van der Waals surface area contributed by atoms with Gasteiger partial charge < -0.3 is 14.2 Å². The van der Waals surface area contributed by atoms with Crippen LogP contribution < -0.4 is 0 Å². The maximum atomic E-state index is 12.9. The molecule has 0 amide bonds. The van der Waals surface area contributed by atoms with Gasteiger partial charge in [0.2, 0.25) is 0 Å². The first-order valence-electron chi connectivity index (χ1n) is 32.0.